The number of benzene rings is 1. The SMILES string of the molecule is CCc1ccc(C(=O)C(C)N2CCC(C)C2)cc1. The van der Waals surface area contributed by atoms with Crippen molar-refractivity contribution in [1.82, 2.24) is 4.90 Å². The highest BCUT2D eigenvalue weighted by Gasteiger charge is 2.27. The topological polar surface area (TPSA) is 20.3 Å². The van der Waals surface area contributed by atoms with E-state index in [0.29, 0.717) is 0 Å². The summed E-state index contributed by atoms with van der Waals surface area (Å²) in [6.45, 7) is 8.54. The van der Waals surface area contributed by atoms with Crippen molar-refractivity contribution in [2.75, 3.05) is 13.1 Å². The summed E-state index contributed by atoms with van der Waals surface area (Å²) in [5.41, 5.74) is 2.13. The number of ketones is 1. The molecule has 2 heteroatoms. The average Bonchev–Trinajstić information content (AvgIpc) is 2.84. The molecule has 98 valence electrons. The molecule has 1 aromatic rings. The van der Waals surface area contributed by atoms with Crippen LogP contribution in [0.25, 0.3) is 0 Å². The Labute approximate surface area is 110 Å². The Bertz CT molecular complexity index is 410. The zero-order valence-electron chi connectivity index (χ0n) is 11.6. The van der Waals surface area contributed by atoms with Crippen molar-refractivity contribution >= 4 is 5.78 Å². The fourth-order valence-electron chi connectivity index (χ4n) is 2.63. The Morgan fingerprint density at radius 3 is 2.56 bits per heavy atom. The number of nitrogens with zero attached hydrogens (tertiary/aromatic N) is 1. The van der Waals surface area contributed by atoms with E-state index in [2.05, 4.69) is 30.9 Å². The van der Waals surface area contributed by atoms with Gasteiger partial charge in [-0.05, 0) is 37.8 Å². The normalized spacial score (nSPS) is 22.1. The maximum Gasteiger partial charge on any atom is 0.179 e. The molecule has 0 bridgehead atoms. The Hall–Kier alpha value is -1.15. The van der Waals surface area contributed by atoms with Crippen LogP contribution in [-0.2, 0) is 6.42 Å². The number of likely N-dealkylation sites (tertiary alicyclic amines) is 1. The Morgan fingerprint density at radius 1 is 1.39 bits per heavy atom. The van der Waals surface area contributed by atoms with Crippen LogP contribution in [-0.4, -0.2) is 29.8 Å². The largest absolute Gasteiger partial charge is 0.293 e. The first-order chi connectivity index (χ1) is 8.61. The van der Waals surface area contributed by atoms with E-state index in [9.17, 15) is 4.79 Å². The number of rotatable bonds is 4. The fourth-order valence-corrected chi connectivity index (χ4v) is 2.63. The van der Waals surface area contributed by atoms with E-state index >= 15 is 0 Å². The van der Waals surface area contributed by atoms with Gasteiger partial charge < -0.3 is 0 Å². The molecule has 1 aromatic carbocycles. The number of carbonyl (C=O) groups excluding carboxylic acids is 1. The lowest BCUT2D eigenvalue weighted by Crippen LogP contribution is -2.37. The number of aryl methyl sites for hydroxylation is 1. The molecule has 2 atom stereocenters. The van der Waals surface area contributed by atoms with E-state index in [4.69, 9.17) is 0 Å². The minimum Gasteiger partial charge on any atom is -0.293 e. The van der Waals surface area contributed by atoms with Crippen molar-refractivity contribution < 1.29 is 4.79 Å². The second-order valence-corrected chi connectivity index (χ2v) is 5.48. The monoisotopic (exact) mass is 245 g/mol. The molecule has 2 rings (SSSR count). The summed E-state index contributed by atoms with van der Waals surface area (Å²) in [6, 6.07) is 8.08. The van der Waals surface area contributed by atoms with Crippen LogP contribution in [0.4, 0.5) is 0 Å². The summed E-state index contributed by atoms with van der Waals surface area (Å²) >= 11 is 0. The summed E-state index contributed by atoms with van der Waals surface area (Å²) in [5, 5.41) is 0. The molecular weight excluding hydrogens is 222 g/mol. The highest BCUT2D eigenvalue weighted by molar-refractivity contribution is 5.99. The molecule has 0 aliphatic carbocycles. The van der Waals surface area contributed by atoms with Crippen molar-refractivity contribution in [3.05, 3.63) is 35.4 Å². The molecule has 0 aromatic heterocycles. The van der Waals surface area contributed by atoms with Crippen molar-refractivity contribution in [2.45, 2.75) is 39.7 Å². The van der Waals surface area contributed by atoms with Gasteiger partial charge in [-0.25, -0.2) is 0 Å². The van der Waals surface area contributed by atoms with Gasteiger partial charge in [0.1, 0.15) is 0 Å². The minimum absolute atomic E-state index is 0.0161. The smallest absolute Gasteiger partial charge is 0.179 e. The van der Waals surface area contributed by atoms with Gasteiger partial charge in [0.2, 0.25) is 0 Å². The maximum absolute atomic E-state index is 12.4. The van der Waals surface area contributed by atoms with Gasteiger partial charge in [-0.2, -0.15) is 0 Å². The zero-order chi connectivity index (χ0) is 13.1. The number of hydrogen-bond acceptors (Lipinski definition) is 2. The molecule has 0 saturated carbocycles. The zero-order valence-corrected chi connectivity index (χ0v) is 11.6. The van der Waals surface area contributed by atoms with E-state index in [-0.39, 0.29) is 11.8 Å². The van der Waals surface area contributed by atoms with Crippen LogP contribution >= 0.6 is 0 Å². The van der Waals surface area contributed by atoms with Gasteiger partial charge >= 0.3 is 0 Å². The summed E-state index contributed by atoms with van der Waals surface area (Å²) in [6.07, 6.45) is 2.24. The predicted octanol–water partition coefficient (Wildman–Crippen LogP) is 3.16. The van der Waals surface area contributed by atoms with E-state index < -0.39 is 0 Å². The Kier molecular flexibility index (Phi) is 4.18. The highest BCUT2D eigenvalue weighted by Crippen LogP contribution is 2.20. The molecule has 1 heterocycles. The fraction of sp³-hybridized carbons (Fsp3) is 0.562. The first-order valence-corrected chi connectivity index (χ1v) is 6.99. The van der Waals surface area contributed by atoms with Crippen LogP contribution in [0.5, 0.6) is 0 Å². The second kappa shape index (κ2) is 5.66. The van der Waals surface area contributed by atoms with Gasteiger partial charge in [0.15, 0.2) is 5.78 Å². The molecule has 2 unspecified atom stereocenters. The predicted molar refractivity (Wildman–Crippen MR) is 75.0 cm³/mol. The van der Waals surface area contributed by atoms with E-state index in [1.165, 1.54) is 12.0 Å². The molecule has 1 aliphatic rings. The number of carbonyl (C=O) groups is 1. The summed E-state index contributed by atoms with van der Waals surface area (Å²) in [4.78, 5) is 14.7. The average molecular weight is 245 g/mol. The van der Waals surface area contributed by atoms with Crippen molar-refractivity contribution in [1.29, 1.82) is 0 Å². The first kappa shape index (κ1) is 13.3. The number of hydrogen-bond donors (Lipinski definition) is 0. The van der Waals surface area contributed by atoms with E-state index in [1.54, 1.807) is 0 Å². The summed E-state index contributed by atoms with van der Waals surface area (Å²) in [7, 11) is 0. The van der Waals surface area contributed by atoms with Crippen molar-refractivity contribution in [2.24, 2.45) is 5.92 Å². The van der Waals surface area contributed by atoms with Crippen molar-refractivity contribution in [3.8, 4) is 0 Å². The summed E-state index contributed by atoms with van der Waals surface area (Å²) < 4.78 is 0. The first-order valence-electron chi connectivity index (χ1n) is 6.99. The molecule has 1 aliphatic heterocycles. The molecule has 1 fully saturated rings. The lowest BCUT2D eigenvalue weighted by atomic mass is 10.0. The lowest BCUT2D eigenvalue weighted by molar-refractivity contribution is 0.0863. The molecule has 18 heavy (non-hydrogen) atoms. The standard InChI is InChI=1S/C16H23NO/c1-4-14-5-7-15(8-6-14)16(18)13(3)17-10-9-12(2)11-17/h5-8,12-13H,4,9-11H2,1-3H3. The molecule has 1 saturated heterocycles. The quantitative estimate of drug-likeness (QED) is 0.759. The van der Waals surface area contributed by atoms with Gasteiger partial charge in [-0.1, -0.05) is 38.1 Å². The van der Waals surface area contributed by atoms with Gasteiger partial charge in [0, 0.05) is 12.1 Å². The van der Waals surface area contributed by atoms with E-state index in [1.807, 2.05) is 19.1 Å². The van der Waals surface area contributed by atoms with E-state index in [0.717, 1.165) is 31.0 Å². The third-order valence-electron chi connectivity index (χ3n) is 4.03. The highest BCUT2D eigenvalue weighted by atomic mass is 16.1. The Balaban J connectivity index is 2.05. The molecule has 0 spiro atoms. The van der Waals surface area contributed by atoms with Gasteiger partial charge in [-0.15, -0.1) is 0 Å². The maximum atomic E-state index is 12.4. The molecular formula is C16H23NO. The molecule has 0 N–H and O–H groups in total. The molecule has 0 amide bonds. The van der Waals surface area contributed by atoms with Crippen LogP contribution in [0.1, 0.15) is 43.1 Å². The van der Waals surface area contributed by atoms with Crippen molar-refractivity contribution in [3.63, 3.8) is 0 Å². The van der Waals surface area contributed by atoms with Gasteiger partial charge in [-0.3, -0.25) is 9.69 Å². The van der Waals surface area contributed by atoms with Gasteiger partial charge in [0.05, 0.1) is 6.04 Å². The minimum atomic E-state index is 0.0161. The molecule has 0 radical (unpaired) electrons. The second-order valence-electron chi connectivity index (χ2n) is 5.48. The summed E-state index contributed by atoms with van der Waals surface area (Å²) in [5.74, 6) is 0.981. The lowest BCUT2D eigenvalue weighted by Gasteiger charge is -2.23. The number of Topliss-reactive ketones (excluding diaryl/α,β-unsaturated/α-hetero) is 1. The third kappa shape index (κ3) is 2.81. The molecule has 2 nitrogen and oxygen atoms in total. The van der Waals surface area contributed by atoms with Crippen LogP contribution in [0.3, 0.4) is 0 Å². The third-order valence-corrected chi connectivity index (χ3v) is 4.03. The van der Waals surface area contributed by atoms with Crippen LogP contribution in [0.15, 0.2) is 24.3 Å². The van der Waals surface area contributed by atoms with Gasteiger partial charge in [0.25, 0.3) is 0 Å². The van der Waals surface area contributed by atoms with Crippen LogP contribution < -0.4 is 0 Å². The van der Waals surface area contributed by atoms with Crippen LogP contribution in [0.2, 0.25) is 0 Å². The Morgan fingerprint density at radius 2 is 2.06 bits per heavy atom. The van der Waals surface area contributed by atoms with Crippen LogP contribution in [0, 0.1) is 5.92 Å².